The lowest BCUT2D eigenvalue weighted by molar-refractivity contribution is -0.136. The maximum Gasteiger partial charge on any atom is 0.494 e. The van der Waals surface area contributed by atoms with Gasteiger partial charge in [-0.3, -0.25) is 0 Å². The molecule has 1 aliphatic heterocycles. The van der Waals surface area contributed by atoms with Gasteiger partial charge in [-0.05, 0) is 52.2 Å². The van der Waals surface area contributed by atoms with E-state index in [-0.39, 0.29) is 11.2 Å². The molecule has 0 spiro atoms. The van der Waals surface area contributed by atoms with E-state index in [0.29, 0.717) is 6.61 Å². The van der Waals surface area contributed by atoms with Crippen molar-refractivity contribution in [3.8, 4) is 11.8 Å². The van der Waals surface area contributed by atoms with Gasteiger partial charge in [-0.15, -0.1) is 0 Å². The summed E-state index contributed by atoms with van der Waals surface area (Å²) in [5, 5.41) is 0. The third-order valence-electron chi connectivity index (χ3n) is 4.00. The summed E-state index contributed by atoms with van der Waals surface area (Å²) in [7, 11) is -0.436. The van der Waals surface area contributed by atoms with E-state index in [9.17, 15) is 4.79 Å². The largest absolute Gasteiger partial charge is 0.494 e. The van der Waals surface area contributed by atoms with Crippen LogP contribution >= 0.6 is 0 Å². The van der Waals surface area contributed by atoms with Crippen LogP contribution in [0.15, 0.2) is 24.3 Å². The second-order valence-corrected chi connectivity index (χ2v) is 6.18. The number of hydrogen-bond acceptors (Lipinski definition) is 4. The van der Waals surface area contributed by atoms with Gasteiger partial charge in [-0.1, -0.05) is 18.1 Å². The summed E-state index contributed by atoms with van der Waals surface area (Å²) < 4.78 is 16.8. The van der Waals surface area contributed by atoms with Crippen LogP contribution in [0.4, 0.5) is 0 Å². The molecule has 1 heterocycles. The summed E-state index contributed by atoms with van der Waals surface area (Å²) in [4.78, 5) is 11.3. The average molecular weight is 300 g/mol. The van der Waals surface area contributed by atoms with Crippen LogP contribution in [0.25, 0.3) is 0 Å². The van der Waals surface area contributed by atoms with Crippen LogP contribution < -0.4 is 5.46 Å². The maximum atomic E-state index is 11.3. The van der Waals surface area contributed by atoms with Crippen LogP contribution in [-0.2, 0) is 18.8 Å². The molecule has 0 aliphatic carbocycles. The Hall–Kier alpha value is -1.77. The quantitative estimate of drug-likeness (QED) is 0.475. The third-order valence-corrected chi connectivity index (χ3v) is 4.00. The van der Waals surface area contributed by atoms with E-state index in [4.69, 9.17) is 14.0 Å². The first-order valence-electron chi connectivity index (χ1n) is 7.39. The number of benzene rings is 1. The smallest absolute Gasteiger partial charge is 0.456 e. The minimum absolute atomic E-state index is 0.321. The third kappa shape index (κ3) is 3.52. The monoisotopic (exact) mass is 300 g/mol. The number of rotatable bonds is 2. The van der Waals surface area contributed by atoms with Gasteiger partial charge in [0, 0.05) is 11.5 Å². The standard InChI is InChI=1S/C17H21BO4/c1-6-20-15(19)11-10-13-8-7-9-14(12-13)18-21-16(2,3)17(4,5)22-18/h7-9,12H,6H2,1-5H3. The molecule has 1 aromatic rings. The molecule has 4 nitrogen and oxygen atoms in total. The van der Waals surface area contributed by atoms with Gasteiger partial charge in [0.25, 0.3) is 0 Å². The molecule has 1 aliphatic rings. The van der Waals surface area contributed by atoms with Gasteiger partial charge in [0.2, 0.25) is 0 Å². The van der Waals surface area contributed by atoms with E-state index in [1.807, 2.05) is 52.0 Å². The molecule has 0 unspecified atom stereocenters. The van der Waals surface area contributed by atoms with Crippen molar-refractivity contribution >= 4 is 18.6 Å². The highest BCUT2D eigenvalue weighted by atomic mass is 16.7. The highest BCUT2D eigenvalue weighted by molar-refractivity contribution is 6.62. The molecule has 116 valence electrons. The molecule has 0 saturated carbocycles. The maximum absolute atomic E-state index is 11.3. The second kappa shape index (κ2) is 6.16. The number of carbonyl (C=O) groups excluding carboxylic acids is 1. The zero-order valence-electron chi connectivity index (χ0n) is 13.7. The zero-order chi connectivity index (χ0) is 16.4. The van der Waals surface area contributed by atoms with E-state index in [1.54, 1.807) is 6.92 Å². The molecule has 22 heavy (non-hydrogen) atoms. The molecule has 0 atom stereocenters. The molecule has 5 heteroatoms. The number of hydrogen-bond donors (Lipinski definition) is 0. The molecule has 1 aromatic carbocycles. The number of carbonyl (C=O) groups is 1. The zero-order valence-corrected chi connectivity index (χ0v) is 13.7. The Morgan fingerprint density at radius 2 is 1.86 bits per heavy atom. The fraction of sp³-hybridized carbons (Fsp3) is 0.471. The fourth-order valence-corrected chi connectivity index (χ4v) is 2.03. The Labute approximate surface area is 132 Å². The van der Waals surface area contributed by atoms with Crippen molar-refractivity contribution in [2.75, 3.05) is 6.61 Å². The summed E-state index contributed by atoms with van der Waals surface area (Å²) in [6.45, 7) is 10.1. The van der Waals surface area contributed by atoms with Crippen molar-refractivity contribution in [3.63, 3.8) is 0 Å². The highest BCUT2D eigenvalue weighted by Gasteiger charge is 2.51. The predicted molar refractivity (Wildman–Crippen MR) is 85.7 cm³/mol. The lowest BCUT2D eigenvalue weighted by Crippen LogP contribution is -2.41. The molecule has 0 radical (unpaired) electrons. The Kier molecular flexibility index (Phi) is 4.65. The van der Waals surface area contributed by atoms with Crippen LogP contribution in [-0.4, -0.2) is 30.9 Å². The van der Waals surface area contributed by atoms with Gasteiger partial charge < -0.3 is 14.0 Å². The van der Waals surface area contributed by atoms with Crippen molar-refractivity contribution in [3.05, 3.63) is 29.8 Å². The van der Waals surface area contributed by atoms with Gasteiger partial charge in [-0.25, -0.2) is 4.79 Å². The molecule has 0 N–H and O–H groups in total. The Morgan fingerprint density at radius 1 is 1.23 bits per heavy atom. The van der Waals surface area contributed by atoms with Crippen molar-refractivity contribution in [1.82, 2.24) is 0 Å². The molecule has 0 bridgehead atoms. The minimum Gasteiger partial charge on any atom is -0.456 e. The van der Waals surface area contributed by atoms with E-state index >= 15 is 0 Å². The van der Waals surface area contributed by atoms with Crippen molar-refractivity contribution in [2.45, 2.75) is 45.8 Å². The fourth-order valence-electron chi connectivity index (χ4n) is 2.03. The first-order valence-corrected chi connectivity index (χ1v) is 7.39. The number of esters is 1. The molecular weight excluding hydrogens is 279 g/mol. The Bertz CT molecular complexity index is 609. The van der Waals surface area contributed by atoms with Crippen LogP contribution in [0.1, 0.15) is 40.2 Å². The first kappa shape index (κ1) is 16.6. The molecule has 1 fully saturated rings. The SMILES string of the molecule is CCOC(=O)C#Cc1cccc(B2OC(C)(C)C(C)(C)O2)c1. The normalized spacial score (nSPS) is 18.5. The minimum atomic E-state index is -0.525. The topological polar surface area (TPSA) is 44.8 Å². The van der Waals surface area contributed by atoms with E-state index in [0.717, 1.165) is 11.0 Å². The summed E-state index contributed by atoms with van der Waals surface area (Å²) in [6.07, 6.45) is 0. The molecule has 0 aromatic heterocycles. The summed E-state index contributed by atoms with van der Waals surface area (Å²) in [5.74, 6) is 4.73. The molecule has 0 amide bonds. The van der Waals surface area contributed by atoms with Crippen LogP contribution in [0.2, 0.25) is 0 Å². The average Bonchev–Trinajstić information content (AvgIpc) is 2.66. The molecule has 1 saturated heterocycles. The van der Waals surface area contributed by atoms with E-state index in [1.165, 1.54) is 0 Å². The van der Waals surface area contributed by atoms with Gasteiger partial charge in [0.05, 0.1) is 17.8 Å². The summed E-state index contributed by atoms with van der Waals surface area (Å²) in [6, 6.07) is 7.50. The van der Waals surface area contributed by atoms with Gasteiger partial charge in [0.1, 0.15) is 0 Å². The van der Waals surface area contributed by atoms with Crippen LogP contribution in [0, 0.1) is 11.8 Å². The highest BCUT2D eigenvalue weighted by Crippen LogP contribution is 2.36. The Balaban J connectivity index is 2.18. The van der Waals surface area contributed by atoms with Gasteiger partial charge in [0.15, 0.2) is 0 Å². The lowest BCUT2D eigenvalue weighted by atomic mass is 9.78. The molecular formula is C17H21BO4. The van der Waals surface area contributed by atoms with Crippen molar-refractivity contribution in [2.24, 2.45) is 0 Å². The van der Waals surface area contributed by atoms with Crippen LogP contribution in [0.5, 0.6) is 0 Å². The van der Waals surface area contributed by atoms with Gasteiger partial charge in [-0.2, -0.15) is 0 Å². The molecule has 2 rings (SSSR count). The lowest BCUT2D eigenvalue weighted by Gasteiger charge is -2.32. The predicted octanol–water partition coefficient (Wildman–Crippen LogP) is 1.90. The van der Waals surface area contributed by atoms with Gasteiger partial charge >= 0.3 is 13.1 Å². The second-order valence-electron chi connectivity index (χ2n) is 6.18. The van der Waals surface area contributed by atoms with Crippen molar-refractivity contribution < 1.29 is 18.8 Å². The Morgan fingerprint density at radius 3 is 2.45 bits per heavy atom. The summed E-state index contributed by atoms with van der Waals surface area (Å²) in [5.41, 5.74) is 0.837. The van der Waals surface area contributed by atoms with Crippen LogP contribution in [0.3, 0.4) is 0 Å². The summed E-state index contributed by atoms with van der Waals surface area (Å²) >= 11 is 0. The van der Waals surface area contributed by atoms with E-state index in [2.05, 4.69) is 11.8 Å². The van der Waals surface area contributed by atoms with E-state index < -0.39 is 13.1 Å². The number of ether oxygens (including phenoxy) is 1. The first-order chi connectivity index (χ1) is 10.2. The van der Waals surface area contributed by atoms with Crippen molar-refractivity contribution in [1.29, 1.82) is 0 Å².